The summed E-state index contributed by atoms with van der Waals surface area (Å²) in [5, 5.41) is 8.36. The molecular weight excluding hydrogens is 845 g/mol. The number of thiazole rings is 1. The summed E-state index contributed by atoms with van der Waals surface area (Å²) in [4.78, 5) is 82.1. The Balaban J connectivity index is 1.08. The van der Waals surface area contributed by atoms with Crippen LogP contribution in [0, 0.1) is 0 Å². The second-order valence-corrected chi connectivity index (χ2v) is 17.5. The van der Waals surface area contributed by atoms with Gasteiger partial charge in [-0.2, -0.15) is 0 Å². The molecule has 2 saturated heterocycles. The van der Waals surface area contributed by atoms with Gasteiger partial charge in [0.25, 0.3) is 11.8 Å². The van der Waals surface area contributed by atoms with Crippen LogP contribution in [0.3, 0.4) is 0 Å². The van der Waals surface area contributed by atoms with Crippen LogP contribution in [0.25, 0.3) is 0 Å². The number of benzene rings is 3. The van der Waals surface area contributed by atoms with E-state index in [1.165, 1.54) is 23.6 Å². The number of hydrogen-bond acceptors (Lipinski definition) is 14. The zero-order chi connectivity index (χ0) is 44.1. The first-order chi connectivity index (χ1) is 30.5. The van der Waals surface area contributed by atoms with Gasteiger partial charge < -0.3 is 35.0 Å². The molecule has 326 valence electrons. The lowest BCUT2D eigenvalue weighted by Crippen LogP contribution is -2.71. The number of carbonyl (C=O) groups is 5. The van der Waals surface area contributed by atoms with Crippen molar-refractivity contribution in [3.8, 4) is 0 Å². The van der Waals surface area contributed by atoms with Crippen LogP contribution in [0.1, 0.15) is 67.8 Å². The standard InChI is InChI=1S/C46H46N6O9S2/c1-28(59-45(57)60-34-21-13-6-14-22-34)58-43(56)38-30(25-29-23-24-51(2)40(29)54)26-62-42-37(41(55)52(38)42)49-39(53)36(35-27-63-44(47)48-35)50-61-46(31-15-7-3-8-16-31,32-17-9-4-10-18-32)33-19-11-5-12-20-33/h3-5,7-12,15-20,25,27-28,34,37,42H,6,13-14,21-24,26H2,1-2H3,(H2,47,48)(H,49,53). The molecule has 1 aliphatic carbocycles. The fourth-order valence-electron chi connectivity index (χ4n) is 8.14. The number of likely N-dealkylation sites (tertiary alicyclic amines) is 1. The highest BCUT2D eigenvalue weighted by atomic mass is 32.2. The summed E-state index contributed by atoms with van der Waals surface area (Å²) in [5.41, 5.74) is 7.52. The summed E-state index contributed by atoms with van der Waals surface area (Å²) in [5.74, 6) is -2.35. The third-order valence-electron chi connectivity index (χ3n) is 11.3. The molecule has 63 heavy (non-hydrogen) atoms. The van der Waals surface area contributed by atoms with Crippen molar-refractivity contribution in [3.63, 3.8) is 0 Å². The molecule has 17 heteroatoms. The average molecular weight is 891 g/mol. The lowest BCUT2D eigenvalue weighted by atomic mass is 9.80. The Morgan fingerprint density at radius 3 is 2.10 bits per heavy atom. The maximum absolute atomic E-state index is 14.5. The Hall–Kier alpha value is -6.46. The number of oxime groups is 1. The van der Waals surface area contributed by atoms with E-state index < -0.39 is 47.2 Å². The Kier molecular flexibility index (Phi) is 12.9. The molecule has 4 aromatic rings. The van der Waals surface area contributed by atoms with Gasteiger partial charge in [-0.15, -0.1) is 23.1 Å². The van der Waals surface area contributed by atoms with E-state index in [1.54, 1.807) is 23.4 Å². The minimum absolute atomic E-state index is 0.122. The van der Waals surface area contributed by atoms with Gasteiger partial charge in [-0.1, -0.05) is 103 Å². The minimum Gasteiger partial charge on any atom is -0.431 e. The number of aromatic nitrogens is 1. The van der Waals surface area contributed by atoms with E-state index >= 15 is 0 Å². The second kappa shape index (κ2) is 18.9. The van der Waals surface area contributed by atoms with E-state index in [0.29, 0.717) is 24.1 Å². The fraction of sp³-hybridized carbons (Fsp3) is 0.326. The SMILES string of the molecule is CC(OC(=O)OC1CCCCC1)OC(=O)C1=C(C=C2CCN(C)C2=O)CSC2C(NC(=O)C(=NOC(c3ccccc3)(c3ccccc3)c3ccccc3)c3csc(N)n3)C(=O)N12. The molecule has 3 N–H and O–H groups in total. The van der Waals surface area contributed by atoms with E-state index in [-0.39, 0.29) is 40.0 Å². The van der Waals surface area contributed by atoms with Gasteiger partial charge in [-0.05, 0) is 43.8 Å². The van der Waals surface area contributed by atoms with Gasteiger partial charge in [0, 0.05) is 53.9 Å². The number of hydrogen-bond donors (Lipinski definition) is 2. The normalized spacial score (nSPS) is 20.5. The molecule has 3 aromatic carbocycles. The number of likely N-dealkylation sites (N-methyl/N-ethyl adjacent to an activating group) is 1. The van der Waals surface area contributed by atoms with Crippen molar-refractivity contribution in [1.82, 2.24) is 20.1 Å². The number of nitrogens with one attached hydrogen (secondary N) is 1. The number of fused-ring (bicyclic) bond motifs is 1. The summed E-state index contributed by atoms with van der Waals surface area (Å²) in [6, 6.07) is 27.3. The number of β-lactam (4-membered cyclic amide) rings is 1. The molecule has 15 nitrogen and oxygen atoms in total. The van der Waals surface area contributed by atoms with Gasteiger partial charge in [0.05, 0.1) is 0 Å². The molecule has 4 heterocycles. The maximum Gasteiger partial charge on any atom is 0.511 e. The van der Waals surface area contributed by atoms with Crippen LogP contribution >= 0.6 is 23.1 Å². The topological polar surface area (TPSA) is 192 Å². The molecule has 1 saturated carbocycles. The molecule has 3 amide bonds. The number of carbonyl (C=O) groups excluding carboxylic acids is 5. The highest BCUT2D eigenvalue weighted by Gasteiger charge is 2.55. The van der Waals surface area contributed by atoms with E-state index in [0.717, 1.165) is 60.1 Å². The number of thioether (sulfide) groups is 1. The molecule has 4 aliphatic rings. The molecule has 0 spiro atoms. The van der Waals surface area contributed by atoms with Crippen LogP contribution in [0.15, 0.2) is 124 Å². The summed E-state index contributed by atoms with van der Waals surface area (Å²) in [6.45, 7) is 1.88. The first kappa shape index (κ1) is 43.2. The molecule has 3 fully saturated rings. The maximum atomic E-state index is 14.5. The van der Waals surface area contributed by atoms with Gasteiger partial charge in [0.2, 0.25) is 17.8 Å². The third-order valence-corrected chi connectivity index (χ3v) is 13.3. The lowest BCUT2D eigenvalue weighted by Gasteiger charge is -2.49. The number of esters is 1. The Morgan fingerprint density at radius 2 is 1.54 bits per heavy atom. The smallest absolute Gasteiger partial charge is 0.431 e. The van der Waals surface area contributed by atoms with Crippen molar-refractivity contribution >= 4 is 63.8 Å². The van der Waals surface area contributed by atoms with Crippen LogP contribution in [-0.4, -0.2) is 93.5 Å². The number of amides is 3. The zero-order valence-corrected chi connectivity index (χ0v) is 36.3. The predicted octanol–water partition coefficient (Wildman–Crippen LogP) is 6.26. The third kappa shape index (κ3) is 9.06. The number of nitrogens with zero attached hydrogens (tertiary/aromatic N) is 4. The number of ether oxygens (including phenoxy) is 3. The number of allylic oxidation sites excluding steroid dienone is 1. The Bertz CT molecular complexity index is 2360. The van der Waals surface area contributed by atoms with E-state index in [1.807, 2.05) is 91.0 Å². The van der Waals surface area contributed by atoms with E-state index in [9.17, 15) is 24.0 Å². The summed E-state index contributed by atoms with van der Waals surface area (Å²) >= 11 is 2.40. The minimum atomic E-state index is -1.37. The Morgan fingerprint density at radius 1 is 0.921 bits per heavy atom. The predicted molar refractivity (Wildman–Crippen MR) is 236 cm³/mol. The van der Waals surface area contributed by atoms with Crippen molar-refractivity contribution in [2.75, 3.05) is 25.1 Å². The number of anilines is 1. The summed E-state index contributed by atoms with van der Waals surface area (Å²) in [7, 11) is 1.68. The highest BCUT2D eigenvalue weighted by molar-refractivity contribution is 8.00. The largest absolute Gasteiger partial charge is 0.511 e. The van der Waals surface area contributed by atoms with Crippen molar-refractivity contribution in [2.45, 2.75) is 74.9 Å². The summed E-state index contributed by atoms with van der Waals surface area (Å²) < 4.78 is 16.3. The second-order valence-electron chi connectivity index (χ2n) is 15.5. The van der Waals surface area contributed by atoms with Crippen LogP contribution in [0.2, 0.25) is 0 Å². The van der Waals surface area contributed by atoms with Crippen molar-refractivity contribution in [3.05, 3.63) is 142 Å². The van der Waals surface area contributed by atoms with Gasteiger partial charge in [0.1, 0.15) is 28.9 Å². The molecule has 3 atom stereocenters. The molecular formula is C46H46N6O9S2. The van der Waals surface area contributed by atoms with Crippen LogP contribution in [-0.2, 0) is 43.8 Å². The molecule has 3 unspecified atom stereocenters. The van der Waals surface area contributed by atoms with Gasteiger partial charge >= 0.3 is 12.1 Å². The monoisotopic (exact) mass is 890 g/mol. The van der Waals surface area contributed by atoms with Gasteiger partial charge in [-0.25, -0.2) is 14.6 Å². The van der Waals surface area contributed by atoms with E-state index in [2.05, 4.69) is 15.5 Å². The summed E-state index contributed by atoms with van der Waals surface area (Å²) in [6.07, 6.45) is 3.86. The van der Waals surface area contributed by atoms with Gasteiger partial charge in [-0.3, -0.25) is 19.3 Å². The number of rotatable bonds is 13. The first-order valence-corrected chi connectivity index (χ1v) is 22.6. The van der Waals surface area contributed by atoms with Gasteiger partial charge in [0.15, 0.2) is 10.8 Å². The van der Waals surface area contributed by atoms with Crippen molar-refractivity contribution < 1.29 is 43.0 Å². The molecule has 1 aromatic heterocycles. The van der Waals surface area contributed by atoms with E-state index in [4.69, 9.17) is 24.8 Å². The molecule has 0 bridgehead atoms. The lowest BCUT2D eigenvalue weighted by molar-refractivity contribution is -0.169. The quantitative estimate of drug-likeness (QED) is 0.0292. The number of nitrogens with two attached hydrogens (primary N) is 1. The number of nitrogen functional groups attached to an aromatic ring is 1. The zero-order valence-electron chi connectivity index (χ0n) is 34.6. The van der Waals surface area contributed by atoms with Crippen LogP contribution in [0.4, 0.5) is 9.93 Å². The fourth-order valence-corrected chi connectivity index (χ4v) is 10.00. The van der Waals surface area contributed by atoms with Crippen molar-refractivity contribution in [1.29, 1.82) is 0 Å². The Labute approximate surface area is 372 Å². The average Bonchev–Trinajstić information content (AvgIpc) is 3.87. The molecule has 3 aliphatic heterocycles. The molecule has 8 rings (SSSR count). The highest BCUT2D eigenvalue weighted by Crippen LogP contribution is 2.43. The molecule has 0 radical (unpaired) electrons. The first-order valence-electron chi connectivity index (χ1n) is 20.7. The van der Waals surface area contributed by atoms with Crippen molar-refractivity contribution in [2.24, 2.45) is 5.16 Å². The van der Waals surface area contributed by atoms with Crippen LogP contribution < -0.4 is 11.1 Å². The van der Waals surface area contributed by atoms with Crippen LogP contribution in [0.5, 0.6) is 0 Å².